The number of guanidine groups is 2. The van der Waals surface area contributed by atoms with Crippen LogP contribution in [-0.2, 0) is 12.8 Å². The van der Waals surface area contributed by atoms with Gasteiger partial charge < -0.3 is 22.9 Å². The third-order valence-corrected chi connectivity index (χ3v) is 4.97. The second-order valence-electron chi connectivity index (χ2n) is 7.87. The largest absolute Gasteiger partial charge is 0.370 e. The molecule has 0 spiro atoms. The summed E-state index contributed by atoms with van der Waals surface area (Å²) in [5, 5.41) is 0. The van der Waals surface area contributed by atoms with E-state index in [1.807, 2.05) is 54.6 Å². The molecule has 0 aliphatic heterocycles. The molecule has 0 aromatic heterocycles. The SMILES string of the molecule is [B]c1cc(C#Cc2cccc(-c3cc([B])cc(CCN=C(N)N)c3)c2)cc(CCN=C(N)N)c1. The maximum atomic E-state index is 6.13. The van der Waals surface area contributed by atoms with Crippen LogP contribution in [0, 0.1) is 11.8 Å². The number of rotatable bonds is 7. The Bertz CT molecular complexity index is 1280. The summed E-state index contributed by atoms with van der Waals surface area (Å²) >= 11 is 0. The maximum Gasteiger partial charge on any atom is 0.185 e. The molecule has 0 saturated carbocycles. The predicted molar refractivity (Wildman–Crippen MR) is 144 cm³/mol. The second kappa shape index (κ2) is 11.7. The minimum Gasteiger partial charge on any atom is -0.370 e. The third-order valence-electron chi connectivity index (χ3n) is 4.97. The molecule has 34 heavy (non-hydrogen) atoms. The van der Waals surface area contributed by atoms with Gasteiger partial charge in [0.25, 0.3) is 0 Å². The molecule has 3 aromatic rings. The highest BCUT2D eigenvalue weighted by atomic mass is 15.0. The lowest BCUT2D eigenvalue weighted by molar-refractivity contribution is 0.963. The number of benzene rings is 3. The van der Waals surface area contributed by atoms with Gasteiger partial charge in [0.1, 0.15) is 15.7 Å². The van der Waals surface area contributed by atoms with Gasteiger partial charge in [0.15, 0.2) is 11.9 Å². The molecule has 8 N–H and O–H groups in total. The first-order valence-electron chi connectivity index (χ1n) is 10.8. The van der Waals surface area contributed by atoms with E-state index < -0.39 is 0 Å². The quantitative estimate of drug-likeness (QED) is 0.177. The number of nitrogens with two attached hydrogens (primary N) is 4. The van der Waals surface area contributed by atoms with Crippen molar-refractivity contribution >= 4 is 38.5 Å². The van der Waals surface area contributed by atoms with Gasteiger partial charge in [0, 0.05) is 24.2 Å². The molecule has 0 fully saturated rings. The fourth-order valence-corrected chi connectivity index (χ4v) is 3.51. The van der Waals surface area contributed by atoms with E-state index in [-0.39, 0.29) is 11.9 Å². The van der Waals surface area contributed by atoms with Crippen LogP contribution in [0.4, 0.5) is 0 Å². The van der Waals surface area contributed by atoms with Crippen molar-refractivity contribution in [2.75, 3.05) is 13.1 Å². The highest BCUT2D eigenvalue weighted by molar-refractivity contribution is 6.33. The summed E-state index contributed by atoms with van der Waals surface area (Å²) in [5.41, 5.74) is 28.8. The van der Waals surface area contributed by atoms with Crippen molar-refractivity contribution in [3.8, 4) is 23.0 Å². The molecule has 166 valence electrons. The topological polar surface area (TPSA) is 129 Å². The van der Waals surface area contributed by atoms with E-state index in [9.17, 15) is 0 Å². The first-order chi connectivity index (χ1) is 16.3. The normalized spacial score (nSPS) is 10.1. The average molecular weight is 444 g/mol. The maximum absolute atomic E-state index is 6.13. The Morgan fingerprint density at radius 2 is 1.24 bits per heavy atom. The molecule has 0 heterocycles. The highest BCUT2D eigenvalue weighted by Gasteiger charge is 2.03. The van der Waals surface area contributed by atoms with Crippen LogP contribution in [0.2, 0.25) is 0 Å². The first-order valence-corrected chi connectivity index (χ1v) is 10.8. The summed E-state index contributed by atoms with van der Waals surface area (Å²) in [6, 6.07) is 19.7. The van der Waals surface area contributed by atoms with Gasteiger partial charge in [0.05, 0.1) is 0 Å². The van der Waals surface area contributed by atoms with Gasteiger partial charge in [-0.15, -0.1) is 0 Å². The van der Waals surface area contributed by atoms with E-state index >= 15 is 0 Å². The summed E-state index contributed by atoms with van der Waals surface area (Å²) in [6.07, 6.45) is 1.37. The van der Waals surface area contributed by atoms with Gasteiger partial charge in [-0.05, 0) is 53.3 Å². The Morgan fingerprint density at radius 1 is 0.647 bits per heavy atom. The molecule has 0 unspecified atom stereocenters. The van der Waals surface area contributed by atoms with Gasteiger partial charge in [-0.3, -0.25) is 9.98 Å². The van der Waals surface area contributed by atoms with Gasteiger partial charge in [-0.2, -0.15) is 0 Å². The average Bonchev–Trinajstić information content (AvgIpc) is 2.77. The van der Waals surface area contributed by atoms with E-state index in [4.69, 9.17) is 38.6 Å². The summed E-state index contributed by atoms with van der Waals surface area (Å²) in [7, 11) is 12.2. The summed E-state index contributed by atoms with van der Waals surface area (Å²) in [5.74, 6) is 6.58. The van der Waals surface area contributed by atoms with E-state index in [0.29, 0.717) is 36.9 Å². The van der Waals surface area contributed by atoms with E-state index in [1.165, 1.54) is 0 Å². The highest BCUT2D eigenvalue weighted by Crippen LogP contribution is 2.21. The lowest BCUT2D eigenvalue weighted by Gasteiger charge is -2.08. The molecule has 3 aromatic carbocycles. The van der Waals surface area contributed by atoms with Gasteiger partial charge in [-0.1, -0.05) is 65.2 Å². The Hall–Kier alpha value is -4.11. The number of nitrogens with zero attached hydrogens (tertiary/aromatic N) is 2. The minimum atomic E-state index is 0.0739. The molecule has 0 aliphatic carbocycles. The second-order valence-corrected chi connectivity index (χ2v) is 7.87. The lowest BCUT2D eigenvalue weighted by Crippen LogP contribution is -2.23. The molecular formula is C26H26B2N6. The number of hydrogen-bond acceptors (Lipinski definition) is 2. The van der Waals surface area contributed by atoms with Crippen molar-refractivity contribution in [3.05, 3.63) is 82.9 Å². The summed E-state index contributed by atoms with van der Waals surface area (Å²) in [6.45, 7) is 1.000. The van der Waals surface area contributed by atoms with Crippen LogP contribution in [0.5, 0.6) is 0 Å². The first kappa shape index (κ1) is 24.5. The van der Waals surface area contributed by atoms with Crippen molar-refractivity contribution in [1.29, 1.82) is 0 Å². The van der Waals surface area contributed by atoms with Crippen LogP contribution in [-0.4, -0.2) is 40.7 Å². The minimum absolute atomic E-state index is 0.0739. The van der Waals surface area contributed by atoms with Crippen molar-refractivity contribution in [2.24, 2.45) is 32.9 Å². The molecule has 4 radical (unpaired) electrons. The lowest BCUT2D eigenvalue weighted by atomic mass is 9.89. The fraction of sp³-hybridized carbons (Fsp3) is 0.154. The third kappa shape index (κ3) is 7.79. The molecule has 0 aliphatic rings. The van der Waals surface area contributed by atoms with Crippen LogP contribution < -0.4 is 33.9 Å². The van der Waals surface area contributed by atoms with Crippen LogP contribution >= 0.6 is 0 Å². The van der Waals surface area contributed by atoms with Crippen LogP contribution in [0.3, 0.4) is 0 Å². The monoisotopic (exact) mass is 444 g/mol. The molecule has 3 rings (SSSR count). The van der Waals surface area contributed by atoms with Crippen molar-refractivity contribution in [2.45, 2.75) is 12.8 Å². The molecule has 0 saturated heterocycles. The Balaban J connectivity index is 1.81. The van der Waals surface area contributed by atoms with Crippen LogP contribution in [0.15, 0.2) is 70.6 Å². The number of hydrogen-bond donors (Lipinski definition) is 4. The number of aliphatic imine (C=N–C) groups is 2. The summed E-state index contributed by atoms with van der Waals surface area (Å²) in [4.78, 5) is 8.06. The fourth-order valence-electron chi connectivity index (χ4n) is 3.51. The predicted octanol–water partition coefficient (Wildman–Crippen LogP) is -0.0272. The molecule has 8 heteroatoms. The standard InChI is InChI=1S/C26H26B2N6/c27-23-13-18(10-19(14-23)6-8-33-25(29)30)5-4-17-2-1-3-21(11-17)22-12-20(15-24(28)16-22)7-9-34-26(31)32/h1-3,10-16H,6-9H2,(H4,29,30,33)(H4,31,32,34). The zero-order chi connectivity index (χ0) is 24.5. The van der Waals surface area contributed by atoms with Gasteiger partial charge >= 0.3 is 0 Å². The van der Waals surface area contributed by atoms with E-state index in [1.54, 1.807) is 0 Å². The Morgan fingerprint density at radius 3 is 1.88 bits per heavy atom. The molecule has 6 nitrogen and oxygen atoms in total. The van der Waals surface area contributed by atoms with Gasteiger partial charge in [-0.25, -0.2) is 0 Å². The van der Waals surface area contributed by atoms with Crippen LogP contribution in [0.25, 0.3) is 11.1 Å². The van der Waals surface area contributed by atoms with Crippen molar-refractivity contribution < 1.29 is 0 Å². The molecular weight excluding hydrogens is 418 g/mol. The van der Waals surface area contributed by atoms with E-state index in [2.05, 4.69) is 27.9 Å². The molecule has 0 atom stereocenters. The zero-order valence-corrected chi connectivity index (χ0v) is 19.0. The smallest absolute Gasteiger partial charge is 0.185 e. The summed E-state index contributed by atoms with van der Waals surface area (Å²) < 4.78 is 0. The van der Waals surface area contributed by atoms with Crippen molar-refractivity contribution in [1.82, 2.24) is 0 Å². The molecule has 0 amide bonds. The van der Waals surface area contributed by atoms with Gasteiger partial charge in [0.2, 0.25) is 0 Å². The Labute approximate surface area is 203 Å². The zero-order valence-electron chi connectivity index (χ0n) is 19.0. The van der Waals surface area contributed by atoms with Crippen molar-refractivity contribution in [3.63, 3.8) is 0 Å². The van der Waals surface area contributed by atoms with E-state index in [0.717, 1.165) is 33.4 Å². The Kier molecular flexibility index (Phi) is 8.42. The van der Waals surface area contributed by atoms with Crippen LogP contribution in [0.1, 0.15) is 22.3 Å². The molecule has 0 bridgehead atoms.